The van der Waals surface area contributed by atoms with Gasteiger partial charge in [0.2, 0.25) is 0 Å². The summed E-state index contributed by atoms with van der Waals surface area (Å²) in [4.78, 5) is 22.8. The maximum absolute atomic E-state index is 14.3. The summed E-state index contributed by atoms with van der Waals surface area (Å²) in [5, 5.41) is 11.1. The van der Waals surface area contributed by atoms with Crippen LogP contribution >= 0.6 is 0 Å². The molecule has 1 saturated heterocycles. The molecule has 5 rings (SSSR count). The van der Waals surface area contributed by atoms with Gasteiger partial charge in [0, 0.05) is 12.5 Å². The lowest BCUT2D eigenvalue weighted by molar-refractivity contribution is -0.131. The van der Waals surface area contributed by atoms with E-state index >= 15 is 0 Å². The van der Waals surface area contributed by atoms with Crippen LogP contribution in [0.5, 0.6) is 0 Å². The smallest absolute Gasteiger partial charge is 0.265 e. The van der Waals surface area contributed by atoms with Crippen LogP contribution in [-0.2, 0) is 10.3 Å². The predicted octanol–water partition coefficient (Wildman–Crippen LogP) is 5.48. The zero-order valence-electron chi connectivity index (χ0n) is 22.7. The second-order valence-electron chi connectivity index (χ2n) is 11.0. The summed E-state index contributed by atoms with van der Waals surface area (Å²) in [5.74, 6) is -0.926. The molecule has 40 heavy (non-hydrogen) atoms. The topological polar surface area (TPSA) is 56.1 Å². The monoisotopic (exact) mass is 549 g/mol. The zero-order valence-corrected chi connectivity index (χ0v) is 22.7. The largest absolute Gasteiger partial charge is 0.390 e. The Kier molecular flexibility index (Phi) is 8.10. The van der Waals surface area contributed by atoms with Crippen LogP contribution in [0.1, 0.15) is 49.3 Å². The van der Waals surface area contributed by atoms with Gasteiger partial charge in [-0.3, -0.25) is 9.69 Å². The normalized spacial score (nSPS) is 18.8. The number of aliphatic hydroxyl groups excluding tert-OH is 1. The highest BCUT2D eigenvalue weighted by Crippen LogP contribution is 2.41. The Hall–Kier alpha value is -3.49. The van der Waals surface area contributed by atoms with E-state index in [1.54, 1.807) is 6.07 Å². The van der Waals surface area contributed by atoms with Gasteiger partial charge in [-0.2, -0.15) is 0 Å². The van der Waals surface area contributed by atoms with Crippen molar-refractivity contribution in [2.75, 3.05) is 26.2 Å². The number of hydrogen-bond donors (Lipinski definition) is 1. The first-order chi connectivity index (χ1) is 19.2. The maximum atomic E-state index is 14.3. The molecule has 0 saturated carbocycles. The van der Waals surface area contributed by atoms with E-state index in [1.165, 1.54) is 59.5 Å². The fourth-order valence-corrected chi connectivity index (χ4v) is 5.92. The molecule has 1 fully saturated rings. The maximum Gasteiger partial charge on any atom is 0.265 e. The Morgan fingerprint density at radius 2 is 1.43 bits per heavy atom. The molecule has 2 aliphatic heterocycles. The summed E-state index contributed by atoms with van der Waals surface area (Å²) in [7, 11) is 0. The lowest BCUT2D eigenvalue weighted by Gasteiger charge is -2.34. The number of amides is 1. The summed E-state index contributed by atoms with van der Waals surface area (Å²) < 4.78 is 41.9. The third-order valence-corrected chi connectivity index (χ3v) is 7.95. The van der Waals surface area contributed by atoms with Crippen LogP contribution in [0.4, 0.5) is 13.2 Å². The van der Waals surface area contributed by atoms with Crippen molar-refractivity contribution in [2.24, 2.45) is 10.9 Å². The minimum absolute atomic E-state index is 0.0349. The van der Waals surface area contributed by atoms with Crippen LogP contribution in [0.25, 0.3) is 0 Å². The van der Waals surface area contributed by atoms with E-state index in [0.29, 0.717) is 36.6 Å². The molecular formula is C32H34F3N3O2. The van der Waals surface area contributed by atoms with E-state index in [0.717, 1.165) is 18.4 Å². The summed E-state index contributed by atoms with van der Waals surface area (Å²) >= 11 is 0. The molecule has 2 aliphatic rings. The number of rotatable bonds is 8. The van der Waals surface area contributed by atoms with E-state index in [-0.39, 0.29) is 30.1 Å². The number of nitrogens with zero attached hydrogens (tertiary/aromatic N) is 3. The number of β-amino-alcohol motifs (C(OH)–C–C–N with tert-alkyl or cyclic N) is 1. The number of amidine groups is 1. The van der Waals surface area contributed by atoms with Gasteiger partial charge in [0.1, 0.15) is 23.3 Å². The number of carbonyl (C=O) groups is 1. The van der Waals surface area contributed by atoms with Gasteiger partial charge < -0.3 is 10.0 Å². The van der Waals surface area contributed by atoms with Gasteiger partial charge in [-0.25, -0.2) is 18.2 Å². The molecule has 2 heterocycles. The van der Waals surface area contributed by atoms with Crippen molar-refractivity contribution in [3.8, 4) is 0 Å². The van der Waals surface area contributed by atoms with Crippen LogP contribution in [0, 0.1) is 23.4 Å². The molecule has 0 radical (unpaired) electrons. The van der Waals surface area contributed by atoms with E-state index in [9.17, 15) is 23.1 Å². The average molecular weight is 550 g/mol. The van der Waals surface area contributed by atoms with Crippen molar-refractivity contribution in [3.63, 3.8) is 0 Å². The number of aliphatic imine (C=N–C) groups is 1. The number of aliphatic hydroxyl groups is 1. The van der Waals surface area contributed by atoms with Crippen LogP contribution in [0.15, 0.2) is 77.8 Å². The summed E-state index contributed by atoms with van der Waals surface area (Å²) in [6.45, 7) is 5.66. The van der Waals surface area contributed by atoms with E-state index in [4.69, 9.17) is 4.99 Å². The minimum atomic E-state index is -1.52. The van der Waals surface area contributed by atoms with Crippen molar-refractivity contribution in [1.82, 2.24) is 9.80 Å². The summed E-state index contributed by atoms with van der Waals surface area (Å²) in [6, 6.07) is 18.1. The SMILES string of the molecule is CC(C)C1=NC(c2ccc(F)cc2)(c2ccc(F)cc2)C(=O)N1CC(O)CN1CCC(c2ccccc2F)CC1. The van der Waals surface area contributed by atoms with Crippen molar-refractivity contribution in [2.45, 2.75) is 44.2 Å². The molecule has 0 spiro atoms. The number of hydrogen-bond acceptors (Lipinski definition) is 4. The first kappa shape index (κ1) is 28.1. The molecule has 0 aliphatic carbocycles. The second kappa shape index (κ2) is 11.6. The molecular weight excluding hydrogens is 515 g/mol. The Labute approximate surface area is 233 Å². The second-order valence-corrected chi connectivity index (χ2v) is 11.0. The molecule has 1 amide bonds. The summed E-state index contributed by atoms with van der Waals surface area (Å²) in [6.07, 6.45) is 0.718. The standard InChI is InChI=1S/C32H34F3N3O2/c1-21(2)30-36-32(23-7-11-25(33)12-8-23,24-9-13-26(34)14-10-24)31(40)38(30)20-27(39)19-37-17-15-22(16-18-37)28-5-3-4-6-29(28)35/h3-14,21-22,27,39H,15-20H2,1-2H3. The highest BCUT2D eigenvalue weighted by atomic mass is 19.1. The van der Waals surface area contributed by atoms with Gasteiger partial charge >= 0.3 is 0 Å². The molecule has 1 unspecified atom stereocenters. The van der Waals surface area contributed by atoms with E-state index < -0.39 is 23.3 Å². The Morgan fingerprint density at radius 1 is 0.875 bits per heavy atom. The highest BCUT2D eigenvalue weighted by Gasteiger charge is 2.51. The van der Waals surface area contributed by atoms with Crippen molar-refractivity contribution >= 4 is 11.7 Å². The minimum Gasteiger partial charge on any atom is -0.390 e. The molecule has 210 valence electrons. The van der Waals surface area contributed by atoms with Crippen LogP contribution in [0.3, 0.4) is 0 Å². The first-order valence-corrected chi connectivity index (χ1v) is 13.8. The molecule has 0 aromatic heterocycles. The summed E-state index contributed by atoms with van der Waals surface area (Å²) in [5.41, 5.74) is 0.159. The first-order valence-electron chi connectivity index (χ1n) is 13.8. The van der Waals surface area contributed by atoms with E-state index in [1.807, 2.05) is 26.0 Å². The van der Waals surface area contributed by atoms with Gasteiger partial charge in [0.25, 0.3) is 5.91 Å². The average Bonchev–Trinajstić information content (AvgIpc) is 3.23. The van der Waals surface area contributed by atoms with Crippen molar-refractivity contribution in [1.29, 1.82) is 0 Å². The molecule has 3 aromatic carbocycles. The Balaban J connectivity index is 1.35. The highest BCUT2D eigenvalue weighted by molar-refractivity contribution is 6.11. The molecule has 3 aromatic rings. The van der Waals surface area contributed by atoms with Gasteiger partial charge in [0.05, 0.1) is 12.6 Å². The predicted molar refractivity (Wildman–Crippen MR) is 148 cm³/mol. The molecule has 5 nitrogen and oxygen atoms in total. The van der Waals surface area contributed by atoms with Gasteiger partial charge in [-0.05, 0) is 78.9 Å². The number of piperidine rings is 1. The van der Waals surface area contributed by atoms with E-state index in [2.05, 4.69) is 4.90 Å². The Morgan fingerprint density at radius 3 is 1.95 bits per heavy atom. The third kappa shape index (κ3) is 5.43. The van der Waals surface area contributed by atoms with Crippen LogP contribution in [-0.4, -0.2) is 58.9 Å². The lowest BCUT2D eigenvalue weighted by Crippen LogP contribution is -2.48. The number of carbonyl (C=O) groups excluding carboxylic acids is 1. The fourth-order valence-electron chi connectivity index (χ4n) is 5.92. The molecule has 0 bridgehead atoms. The third-order valence-electron chi connectivity index (χ3n) is 7.95. The molecule has 8 heteroatoms. The van der Waals surface area contributed by atoms with Gasteiger partial charge in [-0.15, -0.1) is 0 Å². The molecule has 1 N–H and O–H groups in total. The van der Waals surface area contributed by atoms with Crippen LogP contribution in [0.2, 0.25) is 0 Å². The van der Waals surface area contributed by atoms with Gasteiger partial charge in [-0.1, -0.05) is 56.3 Å². The van der Waals surface area contributed by atoms with Crippen LogP contribution < -0.4 is 0 Å². The molecule has 1 atom stereocenters. The lowest BCUT2D eigenvalue weighted by atomic mass is 9.82. The number of likely N-dealkylation sites (tertiary alicyclic amines) is 1. The van der Waals surface area contributed by atoms with Gasteiger partial charge in [0.15, 0.2) is 5.54 Å². The fraction of sp³-hybridized carbons (Fsp3) is 0.375. The zero-order chi connectivity index (χ0) is 28.4. The Bertz CT molecular complexity index is 1320. The number of benzene rings is 3. The number of halogens is 3. The van der Waals surface area contributed by atoms with Crippen molar-refractivity contribution in [3.05, 3.63) is 107 Å². The van der Waals surface area contributed by atoms with Crippen molar-refractivity contribution < 1.29 is 23.1 Å². The quantitative estimate of drug-likeness (QED) is 0.405.